The van der Waals surface area contributed by atoms with Crippen molar-refractivity contribution >= 4 is 17.7 Å². The summed E-state index contributed by atoms with van der Waals surface area (Å²) in [6.07, 6.45) is 3.93. The van der Waals surface area contributed by atoms with Gasteiger partial charge in [-0.05, 0) is 25.0 Å². The number of aromatic nitrogens is 1. The van der Waals surface area contributed by atoms with Crippen LogP contribution in [0.25, 0.3) is 0 Å². The van der Waals surface area contributed by atoms with Gasteiger partial charge in [0.25, 0.3) is 0 Å². The maximum atomic E-state index is 12.4. The Balaban J connectivity index is 1.53. The molecule has 1 unspecified atom stereocenters. The van der Waals surface area contributed by atoms with E-state index in [4.69, 9.17) is 0 Å². The van der Waals surface area contributed by atoms with Gasteiger partial charge in [-0.25, -0.2) is 0 Å². The molecule has 7 heteroatoms. The van der Waals surface area contributed by atoms with Gasteiger partial charge in [-0.3, -0.25) is 14.4 Å². The maximum Gasteiger partial charge on any atom is 0.245 e. The highest BCUT2D eigenvalue weighted by Crippen LogP contribution is 2.13. The van der Waals surface area contributed by atoms with E-state index in [1.54, 1.807) is 11.1 Å². The number of carbonyl (C=O) groups excluding carboxylic acids is 3. The Labute approximate surface area is 135 Å². The van der Waals surface area contributed by atoms with Crippen LogP contribution in [0.1, 0.15) is 25.0 Å². The fourth-order valence-corrected chi connectivity index (χ4v) is 3.16. The summed E-state index contributed by atoms with van der Waals surface area (Å²) in [6.45, 7) is 2.38. The molecule has 1 aromatic rings. The molecule has 0 radical (unpaired) electrons. The van der Waals surface area contributed by atoms with Crippen molar-refractivity contribution in [3.05, 3.63) is 24.0 Å². The Morgan fingerprint density at radius 3 is 2.65 bits per heavy atom. The predicted molar refractivity (Wildman–Crippen MR) is 83.4 cm³/mol. The van der Waals surface area contributed by atoms with Crippen LogP contribution in [0.3, 0.4) is 0 Å². The largest absolute Gasteiger partial charge is 0.365 e. The molecule has 1 aromatic heterocycles. The molecule has 0 bridgehead atoms. The molecule has 3 amide bonds. The minimum absolute atomic E-state index is 0.0190. The van der Waals surface area contributed by atoms with Crippen LogP contribution in [-0.2, 0) is 20.8 Å². The van der Waals surface area contributed by atoms with Crippen molar-refractivity contribution < 1.29 is 14.4 Å². The van der Waals surface area contributed by atoms with Gasteiger partial charge in [0.05, 0.1) is 6.42 Å². The second-order valence-electron chi connectivity index (χ2n) is 6.09. The van der Waals surface area contributed by atoms with E-state index in [0.29, 0.717) is 45.4 Å². The Morgan fingerprint density at radius 1 is 1.17 bits per heavy atom. The molecule has 0 aliphatic carbocycles. The smallest absolute Gasteiger partial charge is 0.245 e. The number of carbonyl (C=O) groups is 3. The van der Waals surface area contributed by atoms with E-state index in [0.717, 1.165) is 12.1 Å². The number of nitrogens with zero attached hydrogens (tertiary/aromatic N) is 2. The Kier molecular flexibility index (Phi) is 4.64. The lowest BCUT2D eigenvalue weighted by molar-refractivity contribution is -0.135. The Morgan fingerprint density at radius 2 is 1.96 bits per heavy atom. The average Bonchev–Trinajstić information content (AvgIpc) is 3.12. The van der Waals surface area contributed by atoms with E-state index in [9.17, 15) is 14.4 Å². The number of aromatic amines is 1. The zero-order chi connectivity index (χ0) is 16.2. The summed E-state index contributed by atoms with van der Waals surface area (Å²) in [5.41, 5.74) is 0.904. The molecule has 3 rings (SSSR count). The summed E-state index contributed by atoms with van der Waals surface area (Å²) < 4.78 is 0. The molecule has 23 heavy (non-hydrogen) atoms. The minimum atomic E-state index is -0.385. The topological polar surface area (TPSA) is 85.5 Å². The number of amides is 3. The van der Waals surface area contributed by atoms with E-state index in [2.05, 4.69) is 10.3 Å². The molecule has 0 spiro atoms. The fraction of sp³-hybridized carbons (Fsp3) is 0.562. The van der Waals surface area contributed by atoms with Gasteiger partial charge in [0.2, 0.25) is 17.7 Å². The lowest BCUT2D eigenvalue weighted by atomic mass is 10.2. The first kappa shape index (κ1) is 15.6. The van der Waals surface area contributed by atoms with Crippen LogP contribution in [0.15, 0.2) is 18.3 Å². The Bertz CT molecular complexity index is 584. The molecule has 2 saturated heterocycles. The SMILES string of the molecule is O=C1CCC(C(=O)N2CCCN(C(=O)Cc3ccc[nH]3)CC2)N1. The average molecular weight is 318 g/mol. The van der Waals surface area contributed by atoms with Crippen molar-refractivity contribution in [3.8, 4) is 0 Å². The van der Waals surface area contributed by atoms with E-state index in [-0.39, 0.29) is 23.8 Å². The van der Waals surface area contributed by atoms with E-state index in [1.807, 2.05) is 17.0 Å². The van der Waals surface area contributed by atoms with Crippen molar-refractivity contribution in [1.29, 1.82) is 0 Å². The molecule has 2 N–H and O–H groups in total. The summed E-state index contributed by atoms with van der Waals surface area (Å²) in [5.74, 6) is 0.00589. The summed E-state index contributed by atoms with van der Waals surface area (Å²) in [4.78, 5) is 42.7. The van der Waals surface area contributed by atoms with Crippen LogP contribution in [0.4, 0.5) is 0 Å². The highest BCUT2D eigenvalue weighted by molar-refractivity contribution is 5.90. The zero-order valence-corrected chi connectivity index (χ0v) is 13.1. The predicted octanol–water partition coefficient (Wildman–Crippen LogP) is -0.103. The second-order valence-corrected chi connectivity index (χ2v) is 6.09. The van der Waals surface area contributed by atoms with E-state index < -0.39 is 0 Å². The van der Waals surface area contributed by atoms with Crippen LogP contribution >= 0.6 is 0 Å². The lowest BCUT2D eigenvalue weighted by Gasteiger charge is -2.24. The molecule has 1 atom stereocenters. The molecular weight excluding hydrogens is 296 g/mol. The zero-order valence-electron chi connectivity index (χ0n) is 13.1. The third-order valence-corrected chi connectivity index (χ3v) is 4.46. The van der Waals surface area contributed by atoms with Gasteiger partial charge in [-0.2, -0.15) is 0 Å². The highest BCUT2D eigenvalue weighted by atomic mass is 16.2. The van der Waals surface area contributed by atoms with Crippen LogP contribution in [0, 0.1) is 0 Å². The standard InChI is InChI=1S/C16H22N4O3/c21-14-5-4-13(18-14)16(23)20-8-2-7-19(9-10-20)15(22)11-12-3-1-6-17-12/h1,3,6,13,17H,2,4-5,7-11H2,(H,18,21). The normalized spacial score (nSPS) is 21.9. The van der Waals surface area contributed by atoms with E-state index in [1.165, 1.54) is 0 Å². The van der Waals surface area contributed by atoms with Crippen LogP contribution < -0.4 is 5.32 Å². The molecule has 2 aliphatic rings. The Hall–Kier alpha value is -2.31. The summed E-state index contributed by atoms with van der Waals surface area (Å²) in [7, 11) is 0. The molecule has 124 valence electrons. The van der Waals surface area contributed by atoms with Crippen molar-refractivity contribution in [1.82, 2.24) is 20.1 Å². The van der Waals surface area contributed by atoms with Crippen molar-refractivity contribution in [2.24, 2.45) is 0 Å². The van der Waals surface area contributed by atoms with Gasteiger partial charge in [-0.15, -0.1) is 0 Å². The van der Waals surface area contributed by atoms with Gasteiger partial charge in [-0.1, -0.05) is 0 Å². The molecule has 0 aromatic carbocycles. The third kappa shape index (κ3) is 3.72. The van der Waals surface area contributed by atoms with Gasteiger partial charge in [0.15, 0.2) is 0 Å². The molecule has 0 saturated carbocycles. The molecule has 3 heterocycles. The maximum absolute atomic E-state index is 12.4. The molecule has 2 aliphatic heterocycles. The quantitative estimate of drug-likeness (QED) is 0.816. The number of hydrogen-bond donors (Lipinski definition) is 2. The lowest BCUT2D eigenvalue weighted by Crippen LogP contribution is -2.46. The number of nitrogens with one attached hydrogen (secondary N) is 2. The van der Waals surface area contributed by atoms with Crippen LogP contribution in [0.5, 0.6) is 0 Å². The highest BCUT2D eigenvalue weighted by Gasteiger charge is 2.31. The van der Waals surface area contributed by atoms with E-state index >= 15 is 0 Å². The van der Waals surface area contributed by atoms with Crippen molar-refractivity contribution in [3.63, 3.8) is 0 Å². The van der Waals surface area contributed by atoms with Crippen molar-refractivity contribution in [2.45, 2.75) is 31.7 Å². The summed E-state index contributed by atoms with van der Waals surface area (Å²) in [5, 5.41) is 2.72. The molecular formula is C16H22N4O3. The number of H-pyrrole nitrogens is 1. The molecule has 7 nitrogen and oxygen atoms in total. The minimum Gasteiger partial charge on any atom is -0.365 e. The summed E-state index contributed by atoms with van der Waals surface area (Å²) in [6, 6.07) is 3.39. The van der Waals surface area contributed by atoms with Gasteiger partial charge in [0, 0.05) is 44.5 Å². The molecule has 2 fully saturated rings. The van der Waals surface area contributed by atoms with Gasteiger partial charge < -0.3 is 20.1 Å². The first-order chi connectivity index (χ1) is 11.1. The summed E-state index contributed by atoms with van der Waals surface area (Å²) >= 11 is 0. The van der Waals surface area contributed by atoms with Crippen LogP contribution in [0.2, 0.25) is 0 Å². The monoisotopic (exact) mass is 318 g/mol. The first-order valence-electron chi connectivity index (χ1n) is 8.11. The van der Waals surface area contributed by atoms with Crippen molar-refractivity contribution in [2.75, 3.05) is 26.2 Å². The third-order valence-electron chi connectivity index (χ3n) is 4.46. The number of hydrogen-bond acceptors (Lipinski definition) is 3. The van der Waals surface area contributed by atoms with Gasteiger partial charge in [0.1, 0.15) is 6.04 Å². The fourth-order valence-electron chi connectivity index (χ4n) is 3.16. The van der Waals surface area contributed by atoms with Gasteiger partial charge >= 0.3 is 0 Å². The van der Waals surface area contributed by atoms with Crippen LogP contribution in [-0.4, -0.2) is 64.7 Å². The second kappa shape index (κ2) is 6.85. The number of rotatable bonds is 3. The first-order valence-corrected chi connectivity index (χ1v) is 8.11.